The first-order valence-corrected chi connectivity index (χ1v) is 10.4. The molecule has 0 aromatic rings. The van der Waals surface area contributed by atoms with Gasteiger partial charge in [0.1, 0.15) is 6.61 Å². The summed E-state index contributed by atoms with van der Waals surface area (Å²) in [5.41, 5.74) is 6.09. The lowest BCUT2D eigenvalue weighted by Gasteiger charge is -2.59. The number of nitrogens with two attached hydrogens (primary N) is 1. The summed E-state index contributed by atoms with van der Waals surface area (Å²) in [5.74, 6) is -0.791. The number of hydrogen-bond acceptors (Lipinski definition) is 7. The lowest BCUT2D eigenvalue weighted by atomic mass is 9.46. The zero-order valence-corrected chi connectivity index (χ0v) is 17.4. The molecule has 1 saturated heterocycles. The van der Waals surface area contributed by atoms with Gasteiger partial charge in [-0.3, -0.25) is 4.79 Å². The van der Waals surface area contributed by atoms with E-state index in [2.05, 4.69) is 13.5 Å². The van der Waals surface area contributed by atoms with E-state index in [1.807, 2.05) is 13.0 Å². The highest BCUT2D eigenvalue weighted by Crippen LogP contribution is 2.61. The monoisotopic (exact) mass is 407 g/mol. The number of aliphatic hydroxyl groups excluding tert-OH is 2. The molecule has 0 bridgehead atoms. The minimum atomic E-state index is -0.727. The third-order valence-electron chi connectivity index (χ3n) is 7.66. The van der Waals surface area contributed by atoms with E-state index in [-0.39, 0.29) is 37.0 Å². The van der Waals surface area contributed by atoms with Gasteiger partial charge in [0.2, 0.25) is 0 Å². The molecule has 162 valence electrons. The molecule has 7 nitrogen and oxygen atoms in total. The normalized spacial score (nSPS) is 41.2. The number of ether oxygens (including phenoxy) is 2. The van der Waals surface area contributed by atoms with Gasteiger partial charge in [-0.25, -0.2) is 4.79 Å². The van der Waals surface area contributed by atoms with Crippen LogP contribution in [0.25, 0.3) is 0 Å². The lowest BCUT2D eigenvalue weighted by Crippen LogP contribution is -2.57. The standard InChI is InChI=1S/C22H33NO6/c1-13-4-7-17-21(2,9-8-18(25)22(17,3)12-24)15(13)6-5-14-16(11-28-20(14)27)29-19(26)10-23/h5,15-18,24-25H,1,4,6-12,23H2,2-3H3/t15-,16?,17?,18-,21+,22+/m1/s1. The molecule has 6 atom stereocenters. The van der Waals surface area contributed by atoms with Crippen molar-refractivity contribution in [2.75, 3.05) is 19.8 Å². The predicted molar refractivity (Wildman–Crippen MR) is 106 cm³/mol. The van der Waals surface area contributed by atoms with E-state index in [9.17, 15) is 19.8 Å². The van der Waals surface area contributed by atoms with Gasteiger partial charge in [0.05, 0.1) is 24.8 Å². The number of aliphatic hydroxyl groups is 2. The van der Waals surface area contributed by atoms with Crippen molar-refractivity contribution < 1.29 is 29.3 Å². The van der Waals surface area contributed by atoms with Crippen LogP contribution in [0, 0.1) is 22.7 Å². The number of hydrogen-bond donors (Lipinski definition) is 3. The number of fused-ring (bicyclic) bond motifs is 1. The highest BCUT2D eigenvalue weighted by atomic mass is 16.6. The van der Waals surface area contributed by atoms with E-state index < -0.39 is 29.6 Å². The van der Waals surface area contributed by atoms with Crippen molar-refractivity contribution in [1.29, 1.82) is 0 Å². The lowest BCUT2D eigenvalue weighted by molar-refractivity contribution is -0.151. The van der Waals surface area contributed by atoms with E-state index in [0.717, 1.165) is 24.8 Å². The van der Waals surface area contributed by atoms with E-state index >= 15 is 0 Å². The van der Waals surface area contributed by atoms with Gasteiger partial charge in [0, 0.05) is 5.41 Å². The van der Waals surface area contributed by atoms with Gasteiger partial charge in [-0.15, -0.1) is 0 Å². The summed E-state index contributed by atoms with van der Waals surface area (Å²) in [4.78, 5) is 23.7. The number of allylic oxidation sites excluding steroid dienone is 2. The second-order valence-electron chi connectivity index (χ2n) is 9.20. The molecule has 2 unspecified atom stereocenters. The predicted octanol–water partition coefficient (Wildman–Crippen LogP) is 1.47. The Morgan fingerprint density at radius 1 is 1.41 bits per heavy atom. The third-order valence-corrected chi connectivity index (χ3v) is 7.66. The summed E-state index contributed by atoms with van der Waals surface area (Å²) >= 11 is 0. The Hall–Kier alpha value is -1.70. The Morgan fingerprint density at radius 2 is 2.14 bits per heavy atom. The van der Waals surface area contributed by atoms with Crippen LogP contribution in [-0.4, -0.2) is 54.1 Å². The topological polar surface area (TPSA) is 119 Å². The number of esters is 2. The third kappa shape index (κ3) is 3.76. The number of carbonyl (C=O) groups excluding carboxylic acids is 2. The Bertz CT molecular complexity index is 718. The summed E-state index contributed by atoms with van der Waals surface area (Å²) in [6, 6.07) is 0. The Morgan fingerprint density at radius 3 is 2.79 bits per heavy atom. The summed E-state index contributed by atoms with van der Waals surface area (Å²) < 4.78 is 10.3. The van der Waals surface area contributed by atoms with Crippen LogP contribution in [0.5, 0.6) is 0 Å². The van der Waals surface area contributed by atoms with Gasteiger partial charge in [-0.2, -0.15) is 0 Å². The van der Waals surface area contributed by atoms with Crippen LogP contribution in [0.15, 0.2) is 23.8 Å². The highest BCUT2D eigenvalue weighted by Gasteiger charge is 2.57. The van der Waals surface area contributed by atoms with Gasteiger partial charge in [-0.1, -0.05) is 32.1 Å². The van der Waals surface area contributed by atoms with Gasteiger partial charge < -0.3 is 25.4 Å². The summed E-state index contributed by atoms with van der Waals surface area (Å²) in [5, 5.41) is 20.7. The maximum atomic E-state index is 12.2. The van der Waals surface area contributed by atoms with E-state index in [1.165, 1.54) is 0 Å². The summed E-state index contributed by atoms with van der Waals surface area (Å²) in [6.07, 6.45) is 4.30. The molecule has 2 aliphatic carbocycles. The van der Waals surface area contributed by atoms with Gasteiger partial charge in [-0.05, 0) is 49.4 Å². The van der Waals surface area contributed by atoms with E-state index in [4.69, 9.17) is 15.2 Å². The first kappa shape index (κ1) is 22.0. The zero-order valence-electron chi connectivity index (χ0n) is 17.4. The van der Waals surface area contributed by atoms with Crippen LogP contribution in [-0.2, 0) is 19.1 Å². The molecule has 1 aliphatic heterocycles. The van der Waals surface area contributed by atoms with Crippen molar-refractivity contribution in [3.05, 3.63) is 23.8 Å². The minimum absolute atomic E-state index is 0.0106. The summed E-state index contributed by atoms with van der Waals surface area (Å²) in [7, 11) is 0. The fourth-order valence-electron chi connectivity index (χ4n) is 5.86. The number of cyclic esters (lactones) is 1. The SMILES string of the molecule is C=C1CCC2[C@](C)(CO)[C@H](O)CC[C@@]2(C)[C@@H]1CC=C1C(=O)OCC1OC(=O)CN. The van der Waals surface area contributed by atoms with Crippen LogP contribution in [0.2, 0.25) is 0 Å². The fourth-order valence-corrected chi connectivity index (χ4v) is 5.86. The Kier molecular flexibility index (Phi) is 6.22. The van der Waals surface area contributed by atoms with Crippen molar-refractivity contribution in [3.8, 4) is 0 Å². The van der Waals surface area contributed by atoms with E-state index in [1.54, 1.807) is 0 Å². The molecular formula is C22H33NO6. The van der Waals surface area contributed by atoms with Crippen molar-refractivity contribution in [2.45, 2.75) is 58.2 Å². The van der Waals surface area contributed by atoms with Gasteiger partial charge in [0.15, 0.2) is 6.10 Å². The molecule has 29 heavy (non-hydrogen) atoms. The number of carbonyl (C=O) groups is 2. The molecule has 2 saturated carbocycles. The minimum Gasteiger partial charge on any atom is -0.458 e. The van der Waals surface area contributed by atoms with Crippen LogP contribution >= 0.6 is 0 Å². The maximum absolute atomic E-state index is 12.2. The smallest absolute Gasteiger partial charge is 0.337 e. The highest BCUT2D eigenvalue weighted by molar-refractivity contribution is 5.92. The maximum Gasteiger partial charge on any atom is 0.337 e. The second-order valence-corrected chi connectivity index (χ2v) is 9.20. The van der Waals surface area contributed by atoms with Crippen molar-refractivity contribution in [1.82, 2.24) is 0 Å². The van der Waals surface area contributed by atoms with E-state index in [0.29, 0.717) is 18.4 Å². The molecule has 3 rings (SSSR count). The van der Waals surface area contributed by atoms with Crippen LogP contribution in [0.3, 0.4) is 0 Å². The molecule has 3 aliphatic rings. The number of rotatable bonds is 5. The molecule has 1 heterocycles. The van der Waals surface area contributed by atoms with Crippen molar-refractivity contribution >= 4 is 11.9 Å². The van der Waals surface area contributed by atoms with Gasteiger partial charge in [0.25, 0.3) is 0 Å². The van der Waals surface area contributed by atoms with Crippen LogP contribution in [0.4, 0.5) is 0 Å². The van der Waals surface area contributed by atoms with Crippen molar-refractivity contribution in [2.24, 2.45) is 28.4 Å². The van der Waals surface area contributed by atoms with Crippen LogP contribution < -0.4 is 5.73 Å². The first-order chi connectivity index (χ1) is 13.7. The molecule has 0 aromatic heterocycles. The summed E-state index contributed by atoms with van der Waals surface area (Å²) in [6.45, 7) is 8.18. The molecule has 7 heteroatoms. The average molecular weight is 408 g/mol. The Labute approximate surface area is 171 Å². The molecule has 4 N–H and O–H groups in total. The average Bonchev–Trinajstić information content (AvgIpc) is 3.03. The zero-order chi connectivity index (χ0) is 21.4. The molecule has 0 spiro atoms. The fraction of sp³-hybridized carbons (Fsp3) is 0.727. The van der Waals surface area contributed by atoms with Gasteiger partial charge >= 0.3 is 11.9 Å². The molecule has 0 aromatic carbocycles. The largest absolute Gasteiger partial charge is 0.458 e. The second kappa shape index (κ2) is 8.20. The first-order valence-electron chi connectivity index (χ1n) is 10.4. The van der Waals surface area contributed by atoms with Crippen LogP contribution in [0.1, 0.15) is 46.0 Å². The molecule has 3 fully saturated rings. The molecule has 0 amide bonds. The molecule has 0 radical (unpaired) electrons. The Balaban J connectivity index is 1.85. The molecular weight excluding hydrogens is 374 g/mol. The van der Waals surface area contributed by atoms with Crippen molar-refractivity contribution in [3.63, 3.8) is 0 Å². The quantitative estimate of drug-likeness (QED) is 0.359.